The van der Waals surface area contributed by atoms with Gasteiger partial charge < -0.3 is 20.4 Å². The summed E-state index contributed by atoms with van der Waals surface area (Å²) in [6.07, 6.45) is 8.37. The fraction of sp³-hybridized carbons (Fsp3) is 0.857. The highest BCUT2D eigenvalue weighted by molar-refractivity contribution is 5.34. The van der Waals surface area contributed by atoms with E-state index < -0.39 is 23.2 Å². The Hall–Kier alpha value is -0.680. The van der Waals surface area contributed by atoms with Crippen LogP contribution < -0.4 is 0 Å². The van der Waals surface area contributed by atoms with Gasteiger partial charge in [0, 0.05) is 11.3 Å². The topological polar surface area (TPSA) is 80.9 Å². The summed E-state index contributed by atoms with van der Waals surface area (Å²) in [5.41, 5.74) is 0.505. The molecule has 0 spiro atoms. The van der Waals surface area contributed by atoms with Crippen molar-refractivity contribution in [3.63, 3.8) is 0 Å². The van der Waals surface area contributed by atoms with Gasteiger partial charge in [-0.25, -0.2) is 0 Å². The molecule has 4 aliphatic carbocycles. The number of hydrogen-bond acceptors (Lipinski definition) is 4. The van der Waals surface area contributed by atoms with E-state index in [0.717, 1.165) is 37.7 Å². The third-order valence-electron chi connectivity index (χ3n) is 10.7. The first kappa shape index (κ1) is 24.4. The van der Waals surface area contributed by atoms with E-state index in [1.54, 1.807) is 0 Å². The molecule has 182 valence electrons. The maximum atomic E-state index is 12.3. The van der Waals surface area contributed by atoms with Crippen LogP contribution in [-0.4, -0.2) is 44.8 Å². The molecule has 4 nitrogen and oxygen atoms in total. The number of rotatable bonds is 6. The van der Waals surface area contributed by atoms with Crippen LogP contribution in [0.2, 0.25) is 0 Å². The molecule has 3 saturated carbocycles. The van der Waals surface area contributed by atoms with E-state index >= 15 is 0 Å². The standard InChI is InChI=1S/C28H46O4/c1-17(2)18(3)6-7-19(4)22-8-9-23-25-24(31)15-20-14-21(30)10-11-27(20,16-29)28(25,32)13-12-26(22,23)5/h15,17,19,21-25,29-32H,3,6-14,16H2,1-2,4-5H3/t19-,21+,22-,23+,24+,25-,26-,27-,28-/m1/s1. The summed E-state index contributed by atoms with van der Waals surface area (Å²) in [4.78, 5) is 0. The summed E-state index contributed by atoms with van der Waals surface area (Å²) in [5, 5.41) is 44.4. The fourth-order valence-electron chi connectivity index (χ4n) is 8.60. The first-order valence-corrected chi connectivity index (χ1v) is 13.1. The van der Waals surface area contributed by atoms with E-state index in [1.807, 2.05) is 6.08 Å². The molecule has 4 heteroatoms. The van der Waals surface area contributed by atoms with Crippen molar-refractivity contribution in [1.29, 1.82) is 0 Å². The van der Waals surface area contributed by atoms with E-state index in [9.17, 15) is 20.4 Å². The predicted octanol–water partition coefficient (Wildman–Crippen LogP) is 4.61. The molecule has 0 saturated heterocycles. The van der Waals surface area contributed by atoms with Crippen molar-refractivity contribution in [1.82, 2.24) is 0 Å². The van der Waals surface area contributed by atoms with Gasteiger partial charge in [0.25, 0.3) is 0 Å². The lowest BCUT2D eigenvalue weighted by Gasteiger charge is -2.64. The molecule has 32 heavy (non-hydrogen) atoms. The summed E-state index contributed by atoms with van der Waals surface area (Å²) < 4.78 is 0. The van der Waals surface area contributed by atoms with E-state index in [1.165, 1.54) is 5.57 Å². The summed E-state index contributed by atoms with van der Waals surface area (Å²) in [5.74, 6) is 1.73. The Bertz CT molecular complexity index is 759. The van der Waals surface area contributed by atoms with Crippen LogP contribution in [0.4, 0.5) is 0 Å². The second-order valence-electron chi connectivity index (χ2n) is 12.4. The molecule has 0 aromatic carbocycles. The first-order chi connectivity index (χ1) is 15.0. The van der Waals surface area contributed by atoms with Crippen molar-refractivity contribution >= 4 is 0 Å². The second-order valence-corrected chi connectivity index (χ2v) is 12.4. The van der Waals surface area contributed by atoms with Gasteiger partial charge in [-0.3, -0.25) is 0 Å². The lowest BCUT2D eigenvalue weighted by molar-refractivity contribution is -0.226. The average molecular weight is 447 g/mol. The van der Waals surface area contributed by atoms with Crippen molar-refractivity contribution in [3.8, 4) is 0 Å². The number of aliphatic hydroxyl groups excluding tert-OH is 3. The van der Waals surface area contributed by atoms with Crippen LogP contribution >= 0.6 is 0 Å². The molecule has 4 N–H and O–H groups in total. The van der Waals surface area contributed by atoms with Crippen LogP contribution in [0.25, 0.3) is 0 Å². The minimum Gasteiger partial charge on any atom is -0.395 e. The van der Waals surface area contributed by atoms with Crippen molar-refractivity contribution < 1.29 is 20.4 Å². The molecule has 0 aromatic rings. The van der Waals surface area contributed by atoms with Crippen molar-refractivity contribution in [2.24, 2.45) is 40.4 Å². The van der Waals surface area contributed by atoms with Gasteiger partial charge in [-0.1, -0.05) is 51.5 Å². The summed E-state index contributed by atoms with van der Waals surface area (Å²) in [6, 6.07) is 0. The lowest BCUT2D eigenvalue weighted by Crippen LogP contribution is -2.68. The molecule has 4 rings (SSSR count). The molecule has 3 fully saturated rings. The molecule has 0 bridgehead atoms. The maximum Gasteiger partial charge on any atom is 0.0821 e. The van der Waals surface area contributed by atoms with Crippen molar-refractivity contribution in [2.75, 3.05) is 6.61 Å². The molecule has 0 radical (unpaired) electrons. The summed E-state index contributed by atoms with van der Waals surface area (Å²) in [6.45, 7) is 13.4. The zero-order valence-corrected chi connectivity index (χ0v) is 20.7. The average Bonchev–Trinajstić information content (AvgIpc) is 3.08. The third-order valence-corrected chi connectivity index (χ3v) is 10.7. The fourth-order valence-corrected chi connectivity index (χ4v) is 8.60. The normalized spacial score (nSPS) is 46.8. The van der Waals surface area contributed by atoms with Crippen LogP contribution in [0, 0.1) is 40.4 Å². The highest BCUT2D eigenvalue weighted by atomic mass is 16.3. The number of aliphatic hydroxyl groups is 4. The van der Waals surface area contributed by atoms with Gasteiger partial charge in [0.15, 0.2) is 0 Å². The van der Waals surface area contributed by atoms with Gasteiger partial charge in [-0.05, 0) is 86.9 Å². The van der Waals surface area contributed by atoms with Crippen LogP contribution in [0.1, 0.15) is 85.5 Å². The van der Waals surface area contributed by atoms with E-state index in [2.05, 4.69) is 34.3 Å². The highest BCUT2D eigenvalue weighted by Gasteiger charge is 2.68. The third kappa shape index (κ3) is 3.47. The monoisotopic (exact) mass is 446 g/mol. The van der Waals surface area contributed by atoms with Gasteiger partial charge in [0.1, 0.15) is 0 Å². The van der Waals surface area contributed by atoms with Gasteiger partial charge in [-0.2, -0.15) is 0 Å². The first-order valence-electron chi connectivity index (χ1n) is 13.1. The second kappa shape index (κ2) is 8.52. The van der Waals surface area contributed by atoms with Crippen molar-refractivity contribution in [3.05, 3.63) is 23.8 Å². The lowest BCUT2D eigenvalue weighted by atomic mass is 9.43. The van der Waals surface area contributed by atoms with Gasteiger partial charge in [0.2, 0.25) is 0 Å². The molecule has 0 unspecified atom stereocenters. The Morgan fingerprint density at radius 2 is 1.84 bits per heavy atom. The van der Waals surface area contributed by atoms with Gasteiger partial charge in [0.05, 0.1) is 24.4 Å². The SMILES string of the molecule is C=C(CC[C@@H](C)[C@H]1CC[C@H]2[C@@H]3[C@@H](O)C=C4C[C@@H](O)CC[C@]4(CO)[C@@]3(O)CC[C@]12C)C(C)C. The van der Waals surface area contributed by atoms with Gasteiger partial charge in [-0.15, -0.1) is 0 Å². The smallest absolute Gasteiger partial charge is 0.0821 e. The maximum absolute atomic E-state index is 12.3. The zero-order valence-electron chi connectivity index (χ0n) is 20.7. The van der Waals surface area contributed by atoms with Crippen LogP contribution in [0.3, 0.4) is 0 Å². The van der Waals surface area contributed by atoms with Crippen LogP contribution in [-0.2, 0) is 0 Å². The Balaban J connectivity index is 1.61. The summed E-state index contributed by atoms with van der Waals surface area (Å²) >= 11 is 0. The number of allylic oxidation sites excluding steroid dienone is 1. The molecule has 0 aliphatic heterocycles. The quantitative estimate of drug-likeness (QED) is 0.449. The Morgan fingerprint density at radius 3 is 2.50 bits per heavy atom. The Labute approximate surface area is 194 Å². The molecule has 0 aromatic heterocycles. The Morgan fingerprint density at radius 1 is 1.12 bits per heavy atom. The van der Waals surface area contributed by atoms with Crippen molar-refractivity contribution in [2.45, 2.75) is 103 Å². The predicted molar refractivity (Wildman–Crippen MR) is 128 cm³/mol. The minimum atomic E-state index is -1.10. The highest BCUT2D eigenvalue weighted by Crippen LogP contribution is 2.68. The van der Waals surface area contributed by atoms with E-state index in [4.69, 9.17) is 0 Å². The largest absolute Gasteiger partial charge is 0.395 e. The van der Waals surface area contributed by atoms with Gasteiger partial charge >= 0.3 is 0 Å². The molecule has 9 atom stereocenters. The van der Waals surface area contributed by atoms with Crippen LogP contribution in [0.5, 0.6) is 0 Å². The molecular weight excluding hydrogens is 400 g/mol. The van der Waals surface area contributed by atoms with Crippen LogP contribution in [0.15, 0.2) is 23.8 Å². The number of hydrogen-bond donors (Lipinski definition) is 4. The summed E-state index contributed by atoms with van der Waals surface area (Å²) in [7, 11) is 0. The van der Waals surface area contributed by atoms with E-state index in [-0.39, 0.29) is 23.9 Å². The molecule has 0 heterocycles. The molecule has 0 amide bonds. The Kier molecular flexibility index (Phi) is 6.51. The number of fused-ring (bicyclic) bond motifs is 5. The minimum absolute atomic E-state index is 0.104. The van der Waals surface area contributed by atoms with E-state index in [0.29, 0.717) is 43.4 Å². The molecular formula is C28H46O4. The zero-order chi connectivity index (χ0) is 23.5. The molecule has 4 aliphatic rings.